The van der Waals surface area contributed by atoms with Crippen molar-refractivity contribution in [3.05, 3.63) is 97.9 Å². The fraction of sp³-hybridized carbons (Fsp3) is 0.382. The Labute approximate surface area is 284 Å². The van der Waals surface area contributed by atoms with Gasteiger partial charge in [0, 0.05) is 46.2 Å². The molecule has 3 aromatic rings. The van der Waals surface area contributed by atoms with Crippen LogP contribution in [0.5, 0.6) is 0 Å². The van der Waals surface area contributed by atoms with E-state index in [4.69, 9.17) is 4.98 Å². The van der Waals surface area contributed by atoms with Crippen molar-refractivity contribution < 1.29 is 27.6 Å². The molecule has 2 aliphatic rings. The second-order valence-corrected chi connectivity index (χ2v) is 13.0. The van der Waals surface area contributed by atoms with Crippen molar-refractivity contribution >= 4 is 39.6 Å². The molecule has 1 aromatic heterocycles. The average molecular weight is 730 g/mol. The van der Waals surface area contributed by atoms with Crippen LogP contribution in [0.2, 0.25) is 0 Å². The summed E-state index contributed by atoms with van der Waals surface area (Å²) in [6.07, 6.45) is -1.59. The van der Waals surface area contributed by atoms with Gasteiger partial charge in [-0.25, -0.2) is 9.55 Å². The highest BCUT2D eigenvalue weighted by atomic mass is 79.9. The molecule has 2 aromatic carbocycles. The van der Waals surface area contributed by atoms with E-state index < -0.39 is 35.2 Å². The third kappa shape index (κ3) is 7.09. The molecule has 10 nitrogen and oxygen atoms in total. The number of carbonyl (C=O) groups is 3. The molecule has 0 aliphatic carbocycles. The molecule has 0 radical (unpaired) electrons. The number of nitrogens with one attached hydrogen (secondary N) is 2. The van der Waals surface area contributed by atoms with Gasteiger partial charge < -0.3 is 15.5 Å². The molecule has 2 unspecified atom stereocenters. The number of fused-ring (bicyclic) bond motifs is 1. The van der Waals surface area contributed by atoms with Gasteiger partial charge in [0.05, 0.1) is 23.5 Å². The van der Waals surface area contributed by atoms with Crippen molar-refractivity contribution in [2.75, 3.05) is 25.5 Å². The van der Waals surface area contributed by atoms with E-state index in [1.54, 1.807) is 37.3 Å². The number of piperidine rings is 1. The Bertz CT molecular complexity index is 1800. The van der Waals surface area contributed by atoms with Crippen LogP contribution in [0, 0.1) is 5.92 Å². The predicted molar refractivity (Wildman–Crippen MR) is 178 cm³/mol. The first-order valence-electron chi connectivity index (χ1n) is 15.6. The Kier molecular flexibility index (Phi) is 10.2. The Hall–Kier alpha value is -4.30. The molecule has 3 amide bonds. The van der Waals surface area contributed by atoms with E-state index in [9.17, 15) is 32.3 Å². The third-order valence-corrected chi connectivity index (χ3v) is 9.49. The molecular formula is C34H36BrF3N6O4. The van der Waals surface area contributed by atoms with Crippen LogP contribution in [0.3, 0.4) is 0 Å². The molecule has 1 fully saturated rings. The number of amides is 3. The topological polar surface area (TPSA) is 117 Å². The first-order chi connectivity index (χ1) is 22.7. The van der Waals surface area contributed by atoms with Gasteiger partial charge in [0.1, 0.15) is 0 Å². The van der Waals surface area contributed by atoms with Gasteiger partial charge in [-0.2, -0.15) is 13.2 Å². The van der Waals surface area contributed by atoms with E-state index in [2.05, 4.69) is 33.1 Å². The van der Waals surface area contributed by atoms with Gasteiger partial charge in [-0.15, -0.1) is 6.58 Å². The normalized spacial score (nSPS) is 17.3. The third-order valence-electron chi connectivity index (χ3n) is 8.80. The number of rotatable bonds is 7. The molecule has 2 N–H and O–H groups in total. The number of hydrogen-bond acceptors (Lipinski definition) is 7. The number of halogens is 4. The largest absolute Gasteiger partial charge is 0.417 e. The zero-order valence-corrected chi connectivity index (χ0v) is 28.3. The van der Waals surface area contributed by atoms with Crippen LogP contribution in [0.1, 0.15) is 64.2 Å². The Balaban J connectivity index is 1.46. The minimum absolute atomic E-state index is 0.0924. The number of aromatic nitrogens is 2. The number of hydrogen-bond donors (Lipinski definition) is 2. The summed E-state index contributed by atoms with van der Waals surface area (Å²) in [7, 11) is 1.47. The average Bonchev–Trinajstić information content (AvgIpc) is 3.07. The lowest BCUT2D eigenvalue weighted by atomic mass is 9.96. The van der Waals surface area contributed by atoms with Crippen LogP contribution in [0.4, 0.5) is 19.1 Å². The van der Waals surface area contributed by atoms with Crippen LogP contribution in [0.25, 0.3) is 5.69 Å². The van der Waals surface area contributed by atoms with E-state index in [0.29, 0.717) is 29.8 Å². The summed E-state index contributed by atoms with van der Waals surface area (Å²) in [5.41, 5.74) is -0.109. The summed E-state index contributed by atoms with van der Waals surface area (Å²) >= 11 is 2.91. The summed E-state index contributed by atoms with van der Waals surface area (Å²) in [5.74, 6) is -1.36. The monoisotopic (exact) mass is 728 g/mol. The lowest BCUT2D eigenvalue weighted by molar-refractivity contribution is -0.138. The molecule has 0 saturated carbocycles. The van der Waals surface area contributed by atoms with Crippen LogP contribution in [-0.2, 0) is 23.9 Å². The maximum atomic E-state index is 14.1. The Morgan fingerprint density at radius 1 is 1.12 bits per heavy atom. The molecule has 1 saturated heterocycles. The fourth-order valence-corrected chi connectivity index (χ4v) is 6.43. The number of anilines is 1. The highest BCUT2D eigenvalue weighted by Gasteiger charge is 2.36. The Morgan fingerprint density at radius 3 is 2.40 bits per heavy atom. The van der Waals surface area contributed by atoms with Crippen molar-refractivity contribution in [2.45, 2.75) is 57.9 Å². The molecule has 5 rings (SSSR count). The molecular weight excluding hydrogens is 693 g/mol. The summed E-state index contributed by atoms with van der Waals surface area (Å²) in [6, 6.07) is 8.78. The molecule has 0 bridgehead atoms. The molecule has 0 spiro atoms. The van der Waals surface area contributed by atoms with Crippen molar-refractivity contribution in [3.63, 3.8) is 0 Å². The maximum Gasteiger partial charge on any atom is 0.417 e. The number of carbonyl (C=O) groups excluding carboxylic acids is 3. The van der Waals surface area contributed by atoms with Crippen molar-refractivity contribution in [1.82, 2.24) is 24.7 Å². The van der Waals surface area contributed by atoms with Crippen LogP contribution in [-0.4, -0.2) is 69.3 Å². The predicted octanol–water partition coefficient (Wildman–Crippen LogP) is 5.19. The number of benzene rings is 2. The van der Waals surface area contributed by atoms with Crippen molar-refractivity contribution in [1.29, 1.82) is 0 Å². The van der Waals surface area contributed by atoms with Crippen molar-refractivity contribution in [3.8, 4) is 5.69 Å². The molecule has 254 valence electrons. The minimum Gasteiger partial charge on any atom is -0.349 e. The van der Waals surface area contributed by atoms with E-state index in [0.717, 1.165) is 24.1 Å². The molecule has 48 heavy (non-hydrogen) atoms. The van der Waals surface area contributed by atoms with E-state index in [-0.39, 0.29) is 52.4 Å². The number of imide groups is 1. The van der Waals surface area contributed by atoms with E-state index in [1.165, 1.54) is 28.6 Å². The van der Waals surface area contributed by atoms with Crippen LogP contribution >= 0.6 is 15.9 Å². The van der Waals surface area contributed by atoms with Gasteiger partial charge in [-0.3, -0.25) is 24.1 Å². The molecule has 2 aliphatic heterocycles. The SMILES string of the molecule is C=CC(C)Nc1nc2c(c(=O)n1-c1ccc(C(=O)N(C)C(=O)C3CCNCC3)cc1)CC(C)N(C(=O)c1ccc(Br)c(C(F)(F)F)c1)C2. The zero-order valence-electron chi connectivity index (χ0n) is 26.7. The number of nitrogens with zero attached hydrogens (tertiary/aromatic N) is 4. The first-order valence-corrected chi connectivity index (χ1v) is 16.3. The summed E-state index contributed by atoms with van der Waals surface area (Å²) in [4.78, 5) is 61.0. The number of alkyl halides is 3. The maximum absolute atomic E-state index is 14.1. The smallest absolute Gasteiger partial charge is 0.349 e. The summed E-state index contributed by atoms with van der Waals surface area (Å²) in [6.45, 7) is 8.67. The second-order valence-electron chi connectivity index (χ2n) is 12.1. The summed E-state index contributed by atoms with van der Waals surface area (Å²) < 4.78 is 41.9. The van der Waals surface area contributed by atoms with Gasteiger partial charge in [0.15, 0.2) is 0 Å². The lowest BCUT2D eigenvalue weighted by Gasteiger charge is -2.35. The van der Waals surface area contributed by atoms with Crippen LogP contribution < -0.4 is 16.2 Å². The van der Waals surface area contributed by atoms with Crippen LogP contribution in [0.15, 0.2) is 64.4 Å². The Morgan fingerprint density at radius 2 is 1.77 bits per heavy atom. The molecule has 3 heterocycles. The zero-order chi connectivity index (χ0) is 34.9. The quantitative estimate of drug-likeness (QED) is 0.254. The van der Waals surface area contributed by atoms with Gasteiger partial charge in [0.2, 0.25) is 11.9 Å². The lowest BCUT2D eigenvalue weighted by Crippen LogP contribution is -2.46. The van der Waals surface area contributed by atoms with Gasteiger partial charge in [-0.1, -0.05) is 22.0 Å². The standard InChI is InChI=1S/C34H36BrF3N6O4/c1-5-19(2)40-33-41-28-18-43(31(47)23-8-11-27(35)26(17-23)34(36,37)38)20(3)16-25(28)32(48)44(33)24-9-6-21(7-10-24)29(45)42(4)30(46)22-12-14-39-15-13-22/h5-11,17,19-20,22,39H,1,12-16,18H2,2-4H3,(H,40,41). The first kappa shape index (κ1) is 35.0. The highest BCUT2D eigenvalue weighted by Crippen LogP contribution is 2.36. The molecule has 2 atom stereocenters. The fourth-order valence-electron chi connectivity index (χ4n) is 5.96. The van der Waals surface area contributed by atoms with Gasteiger partial charge in [0.25, 0.3) is 17.4 Å². The summed E-state index contributed by atoms with van der Waals surface area (Å²) in [5, 5.41) is 6.36. The minimum atomic E-state index is -4.66. The second kappa shape index (κ2) is 14.0. The van der Waals surface area contributed by atoms with Crippen molar-refractivity contribution in [2.24, 2.45) is 5.92 Å². The molecule has 14 heteroatoms. The highest BCUT2D eigenvalue weighted by molar-refractivity contribution is 9.10. The van der Waals surface area contributed by atoms with E-state index in [1.807, 2.05) is 6.92 Å². The van der Waals surface area contributed by atoms with E-state index >= 15 is 0 Å². The van der Waals surface area contributed by atoms with Gasteiger partial charge in [-0.05, 0) is 88.7 Å². The van der Waals surface area contributed by atoms with Gasteiger partial charge >= 0.3 is 6.18 Å².